The van der Waals surface area contributed by atoms with E-state index >= 15 is 0 Å². The molecule has 35 heavy (non-hydrogen) atoms. The highest BCUT2D eigenvalue weighted by Gasteiger charge is 2.31. The van der Waals surface area contributed by atoms with Crippen LogP contribution in [0.25, 0.3) is 11.4 Å². The molecule has 182 valence electrons. The molecule has 9 nitrogen and oxygen atoms in total. The lowest BCUT2D eigenvalue weighted by molar-refractivity contribution is -0.274. The van der Waals surface area contributed by atoms with Gasteiger partial charge in [-0.05, 0) is 49.2 Å². The van der Waals surface area contributed by atoms with Gasteiger partial charge in [0.2, 0.25) is 11.9 Å². The normalized spacial score (nSPS) is 16.0. The minimum atomic E-state index is -4.77. The van der Waals surface area contributed by atoms with Crippen molar-refractivity contribution in [1.29, 1.82) is 0 Å². The molecule has 0 radical (unpaired) electrons. The van der Waals surface area contributed by atoms with Gasteiger partial charge in [-0.15, -0.1) is 13.2 Å². The third kappa shape index (κ3) is 6.22. The summed E-state index contributed by atoms with van der Waals surface area (Å²) in [6.45, 7) is 0.873. The zero-order valence-corrected chi connectivity index (χ0v) is 18.3. The first-order valence-corrected chi connectivity index (χ1v) is 10.7. The molecular weight excluding hydrogens is 465 g/mol. The molecule has 1 unspecified atom stereocenters. The summed E-state index contributed by atoms with van der Waals surface area (Å²) in [6.07, 6.45) is -2.07. The zero-order chi connectivity index (χ0) is 25.0. The fourth-order valence-electron chi connectivity index (χ4n) is 3.70. The monoisotopic (exact) mass is 486 g/mol. The maximum atomic E-state index is 12.8. The van der Waals surface area contributed by atoms with Crippen molar-refractivity contribution in [2.75, 3.05) is 18.4 Å². The summed E-state index contributed by atoms with van der Waals surface area (Å²) in [6, 6.07) is 11.8. The van der Waals surface area contributed by atoms with Crippen LogP contribution < -0.4 is 15.8 Å². The van der Waals surface area contributed by atoms with E-state index in [9.17, 15) is 22.8 Å². The molecule has 4 rings (SSSR count). The summed E-state index contributed by atoms with van der Waals surface area (Å²) >= 11 is 0. The smallest absolute Gasteiger partial charge is 0.406 e. The highest BCUT2D eigenvalue weighted by Crippen LogP contribution is 2.25. The molecule has 1 saturated heterocycles. The Morgan fingerprint density at radius 3 is 2.43 bits per heavy atom. The van der Waals surface area contributed by atoms with Gasteiger partial charge in [0.15, 0.2) is 5.82 Å². The minimum absolute atomic E-state index is 0.182. The van der Waals surface area contributed by atoms with Crippen molar-refractivity contribution in [3.8, 4) is 17.1 Å². The number of nitrogens with one attached hydrogen (secondary N) is 1. The van der Waals surface area contributed by atoms with Crippen LogP contribution in [0.4, 0.5) is 24.8 Å². The molecule has 1 aliphatic rings. The number of anilines is 2. The predicted octanol–water partition coefficient (Wildman–Crippen LogP) is 3.52. The summed E-state index contributed by atoms with van der Waals surface area (Å²) in [5, 5.41) is 2.89. The third-order valence-electron chi connectivity index (χ3n) is 5.42. The van der Waals surface area contributed by atoms with Crippen molar-refractivity contribution in [3.05, 3.63) is 60.4 Å². The lowest BCUT2D eigenvalue weighted by Gasteiger charge is -2.31. The number of alkyl halides is 3. The number of carbonyl (C=O) groups excluding carboxylic acids is 2. The van der Waals surface area contributed by atoms with Crippen LogP contribution in [0.1, 0.15) is 23.2 Å². The Balaban J connectivity index is 1.43. The van der Waals surface area contributed by atoms with Gasteiger partial charge in [-0.3, -0.25) is 9.59 Å². The van der Waals surface area contributed by atoms with Crippen LogP contribution in [0.5, 0.6) is 5.75 Å². The average Bonchev–Trinajstić information content (AvgIpc) is 2.84. The number of rotatable bonds is 6. The number of primary amides is 1. The molecule has 0 saturated carbocycles. The van der Waals surface area contributed by atoms with E-state index < -0.39 is 12.3 Å². The van der Waals surface area contributed by atoms with Crippen molar-refractivity contribution >= 4 is 23.5 Å². The number of halogens is 3. The van der Waals surface area contributed by atoms with Gasteiger partial charge < -0.3 is 20.7 Å². The fourth-order valence-corrected chi connectivity index (χ4v) is 3.70. The lowest BCUT2D eigenvalue weighted by atomic mass is 9.97. The third-order valence-corrected chi connectivity index (χ3v) is 5.42. The van der Waals surface area contributed by atoms with Crippen LogP contribution in [-0.4, -0.2) is 51.1 Å². The van der Waals surface area contributed by atoms with Gasteiger partial charge in [0, 0.05) is 29.9 Å². The van der Waals surface area contributed by atoms with E-state index in [-0.39, 0.29) is 23.5 Å². The zero-order valence-electron chi connectivity index (χ0n) is 18.3. The summed E-state index contributed by atoms with van der Waals surface area (Å²) in [7, 11) is 0. The minimum Gasteiger partial charge on any atom is -0.406 e. The SMILES string of the molecule is NC(=O)C1CCCN(C(=O)c2ccc(-c3ncnc(Nc4ccc(OC(F)(F)F)cc4)n3)cc2)C1. The molecule has 1 atom stereocenters. The van der Waals surface area contributed by atoms with E-state index in [0.29, 0.717) is 42.1 Å². The van der Waals surface area contributed by atoms with Crippen molar-refractivity contribution in [1.82, 2.24) is 19.9 Å². The molecule has 3 aromatic rings. The molecule has 0 aliphatic carbocycles. The first kappa shape index (κ1) is 23.9. The Labute approximate surface area is 198 Å². The number of aromatic nitrogens is 3. The molecular formula is C23H21F3N6O3. The van der Waals surface area contributed by atoms with Gasteiger partial charge >= 0.3 is 6.36 Å². The number of hydrogen-bond donors (Lipinski definition) is 2. The highest BCUT2D eigenvalue weighted by molar-refractivity contribution is 5.95. The summed E-state index contributed by atoms with van der Waals surface area (Å²) < 4.78 is 40.7. The van der Waals surface area contributed by atoms with Crippen LogP contribution in [0.15, 0.2) is 54.9 Å². The van der Waals surface area contributed by atoms with Gasteiger partial charge in [-0.25, -0.2) is 9.97 Å². The van der Waals surface area contributed by atoms with Crippen molar-refractivity contribution in [3.63, 3.8) is 0 Å². The van der Waals surface area contributed by atoms with Gasteiger partial charge in [0.1, 0.15) is 12.1 Å². The molecule has 1 fully saturated rings. The molecule has 1 aromatic heterocycles. The first-order valence-electron chi connectivity index (χ1n) is 10.7. The second kappa shape index (κ2) is 9.95. The lowest BCUT2D eigenvalue weighted by Crippen LogP contribution is -2.44. The number of nitrogens with two attached hydrogens (primary N) is 1. The van der Waals surface area contributed by atoms with E-state index in [0.717, 1.165) is 6.42 Å². The largest absolute Gasteiger partial charge is 0.573 e. The van der Waals surface area contributed by atoms with Crippen LogP contribution >= 0.6 is 0 Å². The standard InChI is InChI=1S/C23H21F3N6O3/c24-23(25,26)35-18-9-7-17(8-10-18)30-22-29-13-28-20(31-22)14-3-5-15(6-4-14)21(34)32-11-1-2-16(12-32)19(27)33/h3-10,13,16H,1-2,11-12H2,(H2,27,33)(H,28,29,30,31). The number of nitrogens with zero attached hydrogens (tertiary/aromatic N) is 4. The predicted molar refractivity (Wildman–Crippen MR) is 119 cm³/mol. The van der Waals surface area contributed by atoms with E-state index in [1.165, 1.54) is 30.6 Å². The fraction of sp³-hybridized carbons (Fsp3) is 0.261. The van der Waals surface area contributed by atoms with Crippen molar-refractivity contribution in [2.24, 2.45) is 11.7 Å². The molecule has 2 heterocycles. The number of benzene rings is 2. The molecule has 2 aromatic carbocycles. The molecule has 0 spiro atoms. The Morgan fingerprint density at radius 1 is 1.06 bits per heavy atom. The molecule has 1 aliphatic heterocycles. The van der Waals surface area contributed by atoms with Crippen LogP contribution in [0, 0.1) is 5.92 Å². The van der Waals surface area contributed by atoms with Crippen molar-refractivity contribution < 1.29 is 27.5 Å². The average molecular weight is 486 g/mol. The Hall–Kier alpha value is -4.22. The van der Waals surface area contributed by atoms with E-state index in [4.69, 9.17) is 5.73 Å². The van der Waals surface area contributed by atoms with E-state index in [1.807, 2.05) is 0 Å². The topological polar surface area (TPSA) is 123 Å². The van der Waals surface area contributed by atoms with Gasteiger partial charge in [-0.1, -0.05) is 12.1 Å². The quantitative estimate of drug-likeness (QED) is 0.546. The highest BCUT2D eigenvalue weighted by atomic mass is 19.4. The second-order valence-corrected chi connectivity index (χ2v) is 7.90. The summed E-state index contributed by atoms with van der Waals surface area (Å²) in [4.78, 5) is 38.4. The van der Waals surface area contributed by atoms with E-state index in [2.05, 4.69) is 25.0 Å². The molecule has 2 amide bonds. The number of hydrogen-bond acceptors (Lipinski definition) is 7. The molecule has 0 bridgehead atoms. The number of amides is 2. The Kier molecular flexibility index (Phi) is 6.80. The molecule has 12 heteroatoms. The van der Waals surface area contributed by atoms with E-state index in [1.54, 1.807) is 29.2 Å². The number of ether oxygens (including phenoxy) is 1. The van der Waals surface area contributed by atoms with Crippen LogP contribution in [0.2, 0.25) is 0 Å². The van der Waals surface area contributed by atoms with Gasteiger partial charge in [-0.2, -0.15) is 4.98 Å². The number of likely N-dealkylation sites (tertiary alicyclic amines) is 1. The van der Waals surface area contributed by atoms with Gasteiger partial charge in [0.05, 0.1) is 5.92 Å². The van der Waals surface area contributed by atoms with Crippen LogP contribution in [0.3, 0.4) is 0 Å². The Morgan fingerprint density at radius 2 is 1.77 bits per heavy atom. The Bertz CT molecular complexity index is 1200. The van der Waals surface area contributed by atoms with Crippen LogP contribution in [-0.2, 0) is 4.79 Å². The maximum Gasteiger partial charge on any atom is 0.573 e. The summed E-state index contributed by atoms with van der Waals surface area (Å²) in [5.74, 6) is -0.739. The second-order valence-electron chi connectivity index (χ2n) is 7.90. The first-order chi connectivity index (χ1) is 16.7. The summed E-state index contributed by atoms with van der Waals surface area (Å²) in [5.41, 5.74) is 6.95. The van der Waals surface area contributed by atoms with Crippen molar-refractivity contribution in [2.45, 2.75) is 19.2 Å². The number of carbonyl (C=O) groups is 2. The number of piperidine rings is 1. The van der Waals surface area contributed by atoms with Gasteiger partial charge in [0.25, 0.3) is 5.91 Å². The molecule has 3 N–H and O–H groups in total. The maximum absolute atomic E-state index is 12.8.